The lowest BCUT2D eigenvalue weighted by atomic mass is 10.1. The summed E-state index contributed by atoms with van der Waals surface area (Å²) in [6.45, 7) is 10.9. The van der Waals surface area contributed by atoms with Crippen LogP contribution >= 0.6 is 0 Å². The molecule has 1 aliphatic heterocycles. The molecule has 3 rings (SSSR count). The maximum Gasteiger partial charge on any atom is 0.256 e. The van der Waals surface area contributed by atoms with Crippen molar-refractivity contribution in [2.75, 3.05) is 49.5 Å². The van der Waals surface area contributed by atoms with Crippen LogP contribution in [0.4, 0.5) is 15.8 Å². The van der Waals surface area contributed by atoms with Crippen LogP contribution < -0.4 is 10.2 Å². The summed E-state index contributed by atoms with van der Waals surface area (Å²) in [5.74, 6) is -1.01. The Balaban J connectivity index is 1.86. The van der Waals surface area contributed by atoms with Gasteiger partial charge in [-0.15, -0.1) is 0 Å². The maximum atomic E-state index is 13.6. The first-order valence-electron chi connectivity index (χ1n) is 12.3. The summed E-state index contributed by atoms with van der Waals surface area (Å²) in [4.78, 5) is 44.2. The molecule has 2 aromatic rings. The van der Waals surface area contributed by atoms with Gasteiger partial charge in [0.2, 0.25) is 5.91 Å². The molecule has 0 radical (unpaired) electrons. The van der Waals surface area contributed by atoms with Crippen molar-refractivity contribution in [3.63, 3.8) is 0 Å². The minimum absolute atomic E-state index is 0.0948. The highest BCUT2D eigenvalue weighted by Crippen LogP contribution is 2.28. The largest absolute Gasteiger partial charge is 0.369 e. The van der Waals surface area contributed by atoms with Gasteiger partial charge in [-0.2, -0.15) is 0 Å². The van der Waals surface area contributed by atoms with E-state index in [1.165, 1.54) is 18.2 Å². The molecule has 188 valence electrons. The van der Waals surface area contributed by atoms with E-state index < -0.39 is 5.82 Å². The van der Waals surface area contributed by atoms with E-state index in [1.807, 2.05) is 39.8 Å². The lowest BCUT2D eigenvalue weighted by Crippen LogP contribution is -2.36. The standard InChI is InChI=1S/C27H35FN4O3/c1-5-30(6-2)27(35)23-18-22(29-25(33)19(3)4)11-12-24(23)31-13-8-14-32(16-15-31)26(34)20-9-7-10-21(28)17-20/h7,9-12,17-19H,5-6,8,13-16H2,1-4H3,(H,29,33). The summed E-state index contributed by atoms with van der Waals surface area (Å²) in [6, 6.07) is 11.2. The molecule has 0 spiro atoms. The Kier molecular flexibility index (Phi) is 8.84. The molecule has 1 fully saturated rings. The quantitative estimate of drug-likeness (QED) is 0.640. The zero-order chi connectivity index (χ0) is 25.5. The molecule has 7 nitrogen and oxygen atoms in total. The number of nitrogens with zero attached hydrogens (tertiary/aromatic N) is 3. The monoisotopic (exact) mass is 482 g/mol. The predicted octanol–water partition coefficient (Wildman–Crippen LogP) is 4.25. The van der Waals surface area contributed by atoms with Crippen molar-refractivity contribution >= 4 is 29.1 Å². The molecule has 3 amide bonds. The third-order valence-electron chi connectivity index (χ3n) is 6.26. The normalized spacial score (nSPS) is 14.0. The van der Waals surface area contributed by atoms with Crippen molar-refractivity contribution in [3.05, 3.63) is 59.4 Å². The molecule has 1 aliphatic rings. The predicted molar refractivity (Wildman–Crippen MR) is 136 cm³/mol. The zero-order valence-electron chi connectivity index (χ0n) is 21.0. The fourth-order valence-electron chi connectivity index (χ4n) is 4.19. The van der Waals surface area contributed by atoms with E-state index in [0.717, 1.165) is 5.69 Å². The van der Waals surface area contributed by atoms with Crippen molar-refractivity contribution < 1.29 is 18.8 Å². The average Bonchev–Trinajstić information content (AvgIpc) is 3.10. The topological polar surface area (TPSA) is 73.0 Å². The average molecular weight is 483 g/mol. The minimum atomic E-state index is -0.434. The number of carbonyl (C=O) groups is 3. The van der Waals surface area contributed by atoms with Crippen molar-refractivity contribution in [2.24, 2.45) is 5.92 Å². The van der Waals surface area contributed by atoms with Gasteiger partial charge in [-0.25, -0.2) is 4.39 Å². The van der Waals surface area contributed by atoms with Crippen LogP contribution in [0.2, 0.25) is 0 Å². The minimum Gasteiger partial charge on any atom is -0.369 e. The molecule has 0 bridgehead atoms. The number of benzene rings is 2. The summed E-state index contributed by atoms with van der Waals surface area (Å²) in [7, 11) is 0. The van der Waals surface area contributed by atoms with Crippen LogP contribution in [0, 0.1) is 11.7 Å². The van der Waals surface area contributed by atoms with Gasteiger partial charge in [-0.3, -0.25) is 14.4 Å². The smallest absolute Gasteiger partial charge is 0.256 e. The Labute approximate surface area is 206 Å². The van der Waals surface area contributed by atoms with Crippen molar-refractivity contribution in [1.82, 2.24) is 9.80 Å². The lowest BCUT2D eigenvalue weighted by molar-refractivity contribution is -0.118. The maximum absolute atomic E-state index is 13.6. The van der Waals surface area contributed by atoms with E-state index in [4.69, 9.17) is 0 Å². The van der Waals surface area contributed by atoms with Gasteiger partial charge in [-0.1, -0.05) is 19.9 Å². The second-order valence-electron chi connectivity index (χ2n) is 9.00. The molecule has 0 aromatic heterocycles. The second kappa shape index (κ2) is 11.8. The number of hydrogen-bond acceptors (Lipinski definition) is 4. The molecule has 8 heteroatoms. The number of anilines is 2. The van der Waals surface area contributed by atoms with Gasteiger partial charge < -0.3 is 20.0 Å². The summed E-state index contributed by atoms with van der Waals surface area (Å²) in [6.07, 6.45) is 0.714. The van der Waals surface area contributed by atoms with Gasteiger partial charge in [0.05, 0.1) is 5.56 Å². The fraction of sp³-hybridized carbons (Fsp3) is 0.444. The van der Waals surface area contributed by atoms with Gasteiger partial charge in [0.15, 0.2) is 0 Å². The van der Waals surface area contributed by atoms with Crippen LogP contribution in [0.25, 0.3) is 0 Å². The molecular weight excluding hydrogens is 447 g/mol. The zero-order valence-corrected chi connectivity index (χ0v) is 21.0. The molecular formula is C27H35FN4O3. The van der Waals surface area contributed by atoms with Crippen molar-refractivity contribution in [2.45, 2.75) is 34.1 Å². The molecule has 2 aromatic carbocycles. The highest BCUT2D eigenvalue weighted by atomic mass is 19.1. The lowest BCUT2D eigenvalue weighted by Gasteiger charge is -2.28. The van der Waals surface area contributed by atoms with Crippen LogP contribution in [0.3, 0.4) is 0 Å². The molecule has 1 N–H and O–H groups in total. The second-order valence-corrected chi connectivity index (χ2v) is 9.00. The molecule has 1 saturated heterocycles. The Morgan fingerprint density at radius 1 is 1.00 bits per heavy atom. The first-order valence-corrected chi connectivity index (χ1v) is 12.3. The van der Waals surface area contributed by atoms with Gasteiger partial charge in [0, 0.05) is 62.1 Å². The highest BCUT2D eigenvalue weighted by molar-refractivity contribution is 6.02. The third-order valence-corrected chi connectivity index (χ3v) is 6.26. The Morgan fingerprint density at radius 3 is 2.40 bits per heavy atom. The highest BCUT2D eigenvalue weighted by Gasteiger charge is 2.25. The van der Waals surface area contributed by atoms with E-state index >= 15 is 0 Å². The number of rotatable bonds is 7. The van der Waals surface area contributed by atoms with E-state index in [2.05, 4.69) is 10.2 Å². The molecule has 0 aliphatic carbocycles. The summed E-state index contributed by atoms with van der Waals surface area (Å²) in [5.41, 5.74) is 2.23. The van der Waals surface area contributed by atoms with Gasteiger partial charge >= 0.3 is 0 Å². The van der Waals surface area contributed by atoms with Crippen LogP contribution in [0.15, 0.2) is 42.5 Å². The Morgan fingerprint density at radius 2 is 1.74 bits per heavy atom. The number of nitrogens with one attached hydrogen (secondary N) is 1. The molecule has 0 unspecified atom stereocenters. The van der Waals surface area contributed by atoms with Gasteiger partial charge in [-0.05, 0) is 56.7 Å². The molecule has 1 heterocycles. The van der Waals surface area contributed by atoms with E-state index in [9.17, 15) is 18.8 Å². The van der Waals surface area contributed by atoms with E-state index in [-0.39, 0.29) is 23.6 Å². The van der Waals surface area contributed by atoms with Gasteiger partial charge in [0.1, 0.15) is 5.82 Å². The van der Waals surface area contributed by atoms with Gasteiger partial charge in [0.25, 0.3) is 11.8 Å². The molecule has 35 heavy (non-hydrogen) atoms. The summed E-state index contributed by atoms with van der Waals surface area (Å²) in [5, 5.41) is 2.89. The van der Waals surface area contributed by atoms with Crippen molar-refractivity contribution in [1.29, 1.82) is 0 Å². The van der Waals surface area contributed by atoms with Crippen LogP contribution in [-0.4, -0.2) is 66.8 Å². The van der Waals surface area contributed by atoms with E-state index in [0.29, 0.717) is 62.5 Å². The Bertz CT molecular complexity index is 1070. The molecule has 0 atom stereocenters. The van der Waals surface area contributed by atoms with Crippen LogP contribution in [0.1, 0.15) is 54.8 Å². The fourth-order valence-corrected chi connectivity index (χ4v) is 4.19. The summed E-state index contributed by atoms with van der Waals surface area (Å²) >= 11 is 0. The number of halogens is 1. The third kappa shape index (κ3) is 6.38. The van der Waals surface area contributed by atoms with Crippen molar-refractivity contribution in [3.8, 4) is 0 Å². The summed E-state index contributed by atoms with van der Waals surface area (Å²) < 4.78 is 13.6. The number of hydrogen-bond donors (Lipinski definition) is 1. The van der Waals surface area contributed by atoms with Crippen LogP contribution in [-0.2, 0) is 4.79 Å². The Hall–Kier alpha value is -3.42. The molecule has 0 saturated carbocycles. The van der Waals surface area contributed by atoms with E-state index in [1.54, 1.807) is 21.9 Å². The first kappa shape index (κ1) is 26.2. The van der Waals surface area contributed by atoms with Crippen LogP contribution in [0.5, 0.6) is 0 Å². The SMILES string of the molecule is CCN(CC)C(=O)c1cc(NC(=O)C(C)C)ccc1N1CCCN(C(=O)c2cccc(F)c2)CC1. The number of amides is 3. The first-order chi connectivity index (χ1) is 16.7. The number of carbonyl (C=O) groups excluding carboxylic acids is 3.